The predicted octanol–water partition coefficient (Wildman–Crippen LogP) is 1.52. The van der Waals surface area contributed by atoms with E-state index in [-0.39, 0.29) is 0 Å². The number of amidine groups is 1. The van der Waals surface area contributed by atoms with Crippen LogP contribution >= 0.6 is 0 Å². The average molecular weight is 228 g/mol. The lowest BCUT2D eigenvalue weighted by Gasteiger charge is -2.02. The second-order valence-corrected chi connectivity index (χ2v) is 3.29. The zero-order valence-electron chi connectivity index (χ0n) is 9.37. The molecule has 0 amide bonds. The Morgan fingerprint density at radius 1 is 1.24 bits per heavy atom. The van der Waals surface area contributed by atoms with E-state index in [0.29, 0.717) is 11.7 Å². The molecule has 0 unspecified atom stereocenters. The SMILES string of the molecule is COc1ccc(C(N)=Nc2cnccn2)cc1. The van der Waals surface area contributed by atoms with E-state index >= 15 is 0 Å². The van der Waals surface area contributed by atoms with Gasteiger partial charge in [-0.1, -0.05) is 0 Å². The van der Waals surface area contributed by atoms with Crippen molar-refractivity contribution in [1.29, 1.82) is 0 Å². The van der Waals surface area contributed by atoms with Crippen LogP contribution in [0.1, 0.15) is 5.56 Å². The van der Waals surface area contributed by atoms with Crippen LogP contribution in [-0.4, -0.2) is 22.9 Å². The number of aliphatic imine (C=N–C) groups is 1. The highest BCUT2D eigenvalue weighted by Crippen LogP contribution is 2.12. The molecule has 1 aromatic carbocycles. The fourth-order valence-electron chi connectivity index (χ4n) is 1.30. The lowest BCUT2D eigenvalue weighted by molar-refractivity contribution is 0.415. The number of rotatable bonds is 3. The molecule has 2 rings (SSSR count). The molecule has 5 heteroatoms. The highest BCUT2D eigenvalue weighted by atomic mass is 16.5. The monoisotopic (exact) mass is 228 g/mol. The maximum atomic E-state index is 5.86. The van der Waals surface area contributed by atoms with Gasteiger partial charge >= 0.3 is 0 Å². The number of hydrogen-bond donors (Lipinski definition) is 1. The minimum Gasteiger partial charge on any atom is -0.497 e. The topological polar surface area (TPSA) is 73.4 Å². The fraction of sp³-hybridized carbons (Fsp3) is 0.0833. The van der Waals surface area contributed by atoms with Crippen LogP contribution < -0.4 is 10.5 Å². The molecule has 2 aromatic rings. The Morgan fingerprint density at radius 3 is 2.59 bits per heavy atom. The minimum absolute atomic E-state index is 0.396. The normalized spacial score (nSPS) is 11.2. The quantitative estimate of drug-likeness (QED) is 0.638. The summed E-state index contributed by atoms with van der Waals surface area (Å²) in [6.07, 6.45) is 4.71. The molecule has 0 radical (unpaired) electrons. The van der Waals surface area contributed by atoms with Crippen LogP contribution in [0.15, 0.2) is 47.8 Å². The Balaban J connectivity index is 2.24. The van der Waals surface area contributed by atoms with Gasteiger partial charge in [0, 0.05) is 18.0 Å². The van der Waals surface area contributed by atoms with Gasteiger partial charge in [-0.05, 0) is 24.3 Å². The van der Waals surface area contributed by atoms with E-state index in [0.717, 1.165) is 11.3 Å². The van der Waals surface area contributed by atoms with E-state index in [1.165, 1.54) is 0 Å². The molecular weight excluding hydrogens is 216 g/mol. The molecule has 0 bridgehead atoms. The van der Waals surface area contributed by atoms with Gasteiger partial charge in [-0.3, -0.25) is 4.98 Å². The molecule has 1 aromatic heterocycles. The number of benzene rings is 1. The van der Waals surface area contributed by atoms with Gasteiger partial charge in [0.2, 0.25) is 0 Å². The molecular formula is C12H12N4O. The van der Waals surface area contributed by atoms with E-state index in [2.05, 4.69) is 15.0 Å². The molecule has 0 aliphatic carbocycles. The maximum absolute atomic E-state index is 5.86. The van der Waals surface area contributed by atoms with Crippen LogP contribution in [0, 0.1) is 0 Å². The van der Waals surface area contributed by atoms with Crippen molar-refractivity contribution in [2.75, 3.05) is 7.11 Å². The molecule has 17 heavy (non-hydrogen) atoms. The molecule has 2 N–H and O–H groups in total. The Morgan fingerprint density at radius 2 is 2.00 bits per heavy atom. The number of methoxy groups -OCH3 is 1. The zero-order chi connectivity index (χ0) is 12.1. The third-order valence-corrected chi connectivity index (χ3v) is 2.17. The number of ether oxygens (including phenoxy) is 1. The summed E-state index contributed by atoms with van der Waals surface area (Å²) >= 11 is 0. The largest absolute Gasteiger partial charge is 0.497 e. The van der Waals surface area contributed by atoms with E-state index < -0.39 is 0 Å². The lowest BCUT2D eigenvalue weighted by Crippen LogP contribution is -2.12. The second kappa shape index (κ2) is 5.07. The third kappa shape index (κ3) is 2.78. The molecule has 0 atom stereocenters. The van der Waals surface area contributed by atoms with Crippen LogP contribution in [-0.2, 0) is 0 Å². The van der Waals surface area contributed by atoms with Gasteiger partial charge in [0.15, 0.2) is 5.82 Å². The third-order valence-electron chi connectivity index (χ3n) is 2.17. The van der Waals surface area contributed by atoms with Crippen molar-refractivity contribution in [2.24, 2.45) is 10.7 Å². The fourth-order valence-corrected chi connectivity index (χ4v) is 1.30. The number of aromatic nitrogens is 2. The average Bonchev–Trinajstić information content (AvgIpc) is 2.40. The first-order valence-electron chi connectivity index (χ1n) is 5.04. The molecule has 5 nitrogen and oxygen atoms in total. The zero-order valence-corrected chi connectivity index (χ0v) is 9.37. The van der Waals surface area contributed by atoms with E-state index in [1.54, 1.807) is 25.7 Å². The molecule has 0 aliphatic heterocycles. The highest BCUT2D eigenvalue weighted by molar-refractivity contribution is 5.98. The molecule has 0 aliphatic rings. The van der Waals surface area contributed by atoms with Crippen LogP contribution in [0.4, 0.5) is 5.82 Å². The van der Waals surface area contributed by atoms with Gasteiger partial charge in [-0.15, -0.1) is 0 Å². The van der Waals surface area contributed by atoms with E-state index in [9.17, 15) is 0 Å². The van der Waals surface area contributed by atoms with E-state index in [1.807, 2.05) is 24.3 Å². The summed E-state index contributed by atoms with van der Waals surface area (Å²) in [5.74, 6) is 1.66. The smallest absolute Gasteiger partial charge is 0.172 e. The molecule has 0 saturated carbocycles. The van der Waals surface area contributed by atoms with Crippen LogP contribution in [0.3, 0.4) is 0 Å². The van der Waals surface area contributed by atoms with Crippen LogP contribution in [0.25, 0.3) is 0 Å². The molecule has 0 fully saturated rings. The van der Waals surface area contributed by atoms with Crippen molar-refractivity contribution < 1.29 is 4.74 Å². The summed E-state index contributed by atoms with van der Waals surface area (Å²) < 4.78 is 5.06. The van der Waals surface area contributed by atoms with Crippen molar-refractivity contribution >= 4 is 11.7 Å². The summed E-state index contributed by atoms with van der Waals surface area (Å²) in [6, 6.07) is 7.34. The van der Waals surface area contributed by atoms with Gasteiger partial charge in [0.25, 0.3) is 0 Å². The van der Waals surface area contributed by atoms with Crippen molar-refractivity contribution in [2.45, 2.75) is 0 Å². The lowest BCUT2D eigenvalue weighted by atomic mass is 10.2. The van der Waals surface area contributed by atoms with Gasteiger partial charge in [0.05, 0.1) is 13.3 Å². The summed E-state index contributed by atoms with van der Waals surface area (Å²) in [5, 5.41) is 0. The Bertz CT molecular complexity index is 508. The standard InChI is InChI=1S/C12H12N4O/c1-17-10-4-2-9(3-5-10)12(13)16-11-8-14-6-7-15-11/h2-8H,1H3,(H2,13,15,16). The maximum Gasteiger partial charge on any atom is 0.172 e. The molecule has 0 spiro atoms. The number of nitrogens with two attached hydrogens (primary N) is 1. The van der Waals surface area contributed by atoms with E-state index in [4.69, 9.17) is 10.5 Å². The van der Waals surface area contributed by atoms with Crippen molar-refractivity contribution in [1.82, 2.24) is 9.97 Å². The summed E-state index contributed by atoms with van der Waals surface area (Å²) in [5.41, 5.74) is 6.68. The van der Waals surface area contributed by atoms with Crippen molar-refractivity contribution in [3.63, 3.8) is 0 Å². The minimum atomic E-state index is 0.396. The van der Waals surface area contributed by atoms with Crippen LogP contribution in [0.2, 0.25) is 0 Å². The Hall–Kier alpha value is -2.43. The Kier molecular flexibility index (Phi) is 3.30. The first-order chi connectivity index (χ1) is 8.29. The summed E-state index contributed by atoms with van der Waals surface area (Å²) in [4.78, 5) is 12.1. The number of nitrogens with zero attached hydrogens (tertiary/aromatic N) is 3. The van der Waals surface area contributed by atoms with Crippen molar-refractivity contribution in [3.8, 4) is 5.75 Å². The molecule has 86 valence electrons. The van der Waals surface area contributed by atoms with Gasteiger partial charge in [-0.2, -0.15) is 0 Å². The van der Waals surface area contributed by atoms with Crippen LogP contribution in [0.5, 0.6) is 5.75 Å². The summed E-state index contributed by atoms with van der Waals surface area (Å²) in [7, 11) is 1.62. The number of hydrogen-bond acceptors (Lipinski definition) is 4. The first-order valence-corrected chi connectivity index (χ1v) is 5.04. The molecule has 1 heterocycles. The second-order valence-electron chi connectivity index (χ2n) is 3.29. The predicted molar refractivity (Wildman–Crippen MR) is 65.4 cm³/mol. The molecule has 0 saturated heterocycles. The van der Waals surface area contributed by atoms with Crippen molar-refractivity contribution in [3.05, 3.63) is 48.4 Å². The highest BCUT2D eigenvalue weighted by Gasteiger charge is 1.99. The van der Waals surface area contributed by atoms with Gasteiger partial charge < -0.3 is 10.5 Å². The first kappa shape index (κ1) is 11.1. The van der Waals surface area contributed by atoms with Gasteiger partial charge in [-0.25, -0.2) is 9.98 Å². The Labute approximate surface area is 99.0 Å². The summed E-state index contributed by atoms with van der Waals surface area (Å²) in [6.45, 7) is 0. The van der Waals surface area contributed by atoms with Gasteiger partial charge in [0.1, 0.15) is 11.6 Å².